The Labute approximate surface area is 92.6 Å². The Hall–Kier alpha value is -1.79. The molecule has 4 N–H and O–H groups in total. The van der Waals surface area contributed by atoms with Gasteiger partial charge in [-0.2, -0.15) is 0 Å². The van der Waals surface area contributed by atoms with Crippen molar-refractivity contribution in [3.8, 4) is 0 Å². The molecular weight excluding hydrogens is 214 g/mol. The predicted molar refractivity (Wildman–Crippen MR) is 54.6 cm³/mol. The van der Waals surface area contributed by atoms with Crippen LogP contribution in [0.2, 0.25) is 0 Å². The zero-order valence-corrected chi connectivity index (χ0v) is 8.97. The van der Waals surface area contributed by atoms with E-state index < -0.39 is 30.0 Å². The predicted octanol–water partition coefficient (Wildman–Crippen LogP) is -0.881. The molecule has 2 atom stereocenters. The van der Waals surface area contributed by atoms with Gasteiger partial charge in [-0.3, -0.25) is 4.79 Å². The van der Waals surface area contributed by atoms with Gasteiger partial charge in [-0.1, -0.05) is 0 Å². The lowest BCUT2D eigenvalue weighted by molar-refractivity contribution is -0.148. The van der Waals surface area contributed by atoms with E-state index in [-0.39, 0.29) is 0 Å². The van der Waals surface area contributed by atoms with Crippen LogP contribution in [-0.4, -0.2) is 46.5 Å². The molecule has 90 valence electrons. The molecule has 0 bridgehead atoms. The first-order valence-electron chi connectivity index (χ1n) is 5.02. The van der Waals surface area contributed by atoms with Crippen molar-refractivity contribution in [1.82, 2.24) is 10.2 Å². The van der Waals surface area contributed by atoms with Crippen LogP contribution in [0.5, 0.6) is 0 Å². The average molecular weight is 229 g/mol. The Kier molecular flexibility index (Phi) is 3.70. The van der Waals surface area contributed by atoms with E-state index >= 15 is 0 Å². The Balaban J connectivity index is 2.65. The number of hydrogen-bond acceptors (Lipinski definition) is 3. The molecule has 0 aromatic heterocycles. The van der Waals surface area contributed by atoms with E-state index in [0.29, 0.717) is 19.4 Å². The first-order chi connectivity index (χ1) is 7.43. The molecule has 7 heteroatoms. The molecule has 0 radical (unpaired) electrons. The maximum Gasteiger partial charge on any atom is 0.326 e. The van der Waals surface area contributed by atoms with Crippen LogP contribution in [0, 0.1) is 0 Å². The molecular formula is C9H15N3O4. The van der Waals surface area contributed by atoms with Crippen LogP contribution >= 0.6 is 0 Å². The maximum atomic E-state index is 11.8. The van der Waals surface area contributed by atoms with Gasteiger partial charge in [0.25, 0.3) is 0 Å². The second-order valence-electron chi connectivity index (χ2n) is 3.76. The van der Waals surface area contributed by atoms with E-state index in [1.54, 1.807) is 0 Å². The standard InChI is InChI=1S/C9H15N3O4/c1-5(11-9(10)16)7(13)12-4-2-3-6(12)8(14)15/h5-6H,2-4H2,1H3,(H,14,15)(H3,10,11,16). The number of likely N-dealkylation sites (tertiary alicyclic amines) is 1. The van der Waals surface area contributed by atoms with Gasteiger partial charge in [0.2, 0.25) is 5.91 Å². The number of nitrogens with zero attached hydrogens (tertiary/aromatic N) is 1. The summed E-state index contributed by atoms with van der Waals surface area (Å²) < 4.78 is 0. The van der Waals surface area contributed by atoms with Crippen LogP contribution in [0.1, 0.15) is 19.8 Å². The molecule has 0 saturated carbocycles. The molecule has 1 saturated heterocycles. The van der Waals surface area contributed by atoms with Crippen molar-refractivity contribution in [3.05, 3.63) is 0 Å². The molecule has 1 heterocycles. The SMILES string of the molecule is CC(NC(N)=O)C(=O)N1CCCC1C(=O)O. The van der Waals surface area contributed by atoms with Crippen LogP contribution in [0.25, 0.3) is 0 Å². The van der Waals surface area contributed by atoms with Crippen molar-refractivity contribution in [1.29, 1.82) is 0 Å². The Bertz CT molecular complexity index is 318. The number of rotatable bonds is 3. The van der Waals surface area contributed by atoms with Crippen LogP contribution in [0.4, 0.5) is 4.79 Å². The zero-order chi connectivity index (χ0) is 12.3. The number of nitrogens with two attached hydrogens (primary N) is 1. The molecule has 3 amide bonds. The first-order valence-corrected chi connectivity index (χ1v) is 5.02. The highest BCUT2D eigenvalue weighted by Gasteiger charge is 2.35. The number of carbonyl (C=O) groups excluding carboxylic acids is 2. The van der Waals surface area contributed by atoms with E-state index in [9.17, 15) is 14.4 Å². The van der Waals surface area contributed by atoms with E-state index in [4.69, 9.17) is 10.8 Å². The van der Waals surface area contributed by atoms with Gasteiger partial charge in [-0.25, -0.2) is 9.59 Å². The van der Waals surface area contributed by atoms with Gasteiger partial charge in [0.1, 0.15) is 12.1 Å². The lowest BCUT2D eigenvalue weighted by Gasteiger charge is -2.24. The lowest BCUT2D eigenvalue weighted by Crippen LogP contribution is -2.51. The fourth-order valence-electron chi connectivity index (χ4n) is 1.81. The quantitative estimate of drug-likeness (QED) is 0.583. The summed E-state index contributed by atoms with van der Waals surface area (Å²) in [6.07, 6.45) is 1.11. The Morgan fingerprint density at radius 2 is 2.12 bits per heavy atom. The molecule has 16 heavy (non-hydrogen) atoms. The van der Waals surface area contributed by atoms with Crippen molar-refractivity contribution in [2.24, 2.45) is 5.73 Å². The number of carboxylic acid groups (broad SMARTS) is 1. The second-order valence-corrected chi connectivity index (χ2v) is 3.76. The minimum atomic E-state index is -1.02. The summed E-state index contributed by atoms with van der Waals surface area (Å²) in [6, 6.07) is -2.38. The van der Waals surface area contributed by atoms with Crippen molar-refractivity contribution >= 4 is 17.9 Å². The van der Waals surface area contributed by atoms with Gasteiger partial charge in [0, 0.05) is 6.54 Å². The number of urea groups is 1. The molecule has 0 aromatic rings. The normalized spacial score (nSPS) is 21.6. The number of amides is 3. The Morgan fingerprint density at radius 3 is 2.62 bits per heavy atom. The third kappa shape index (κ3) is 2.62. The third-order valence-electron chi connectivity index (χ3n) is 2.55. The van der Waals surface area contributed by atoms with Crippen LogP contribution in [0.15, 0.2) is 0 Å². The number of nitrogens with one attached hydrogen (secondary N) is 1. The number of carbonyl (C=O) groups is 3. The second kappa shape index (κ2) is 4.82. The molecule has 1 rings (SSSR count). The summed E-state index contributed by atoms with van der Waals surface area (Å²) in [5, 5.41) is 11.1. The fraction of sp³-hybridized carbons (Fsp3) is 0.667. The highest BCUT2D eigenvalue weighted by Crippen LogP contribution is 2.18. The topological polar surface area (TPSA) is 113 Å². The van der Waals surface area contributed by atoms with Gasteiger partial charge in [0.05, 0.1) is 0 Å². The van der Waals surface area contributed by atoms with Gasteiger partial charge < -0.3 is 21.1 Å². The molecule has 0 spiro atoms. The van der Waals surface area contributed by atoms with E-state index in [1.807, 2.05) is 0 Å². The summed E-state index contributed by atoms with van der Waals surface area (Å²) in [7, 11) is 0. The molecule has 1 aliphatic heterocycles. The molecule has 7 nitrogen and oxygen atoms in total. The van der Waals surface area contributed by atoms with E-state index in [0.717, 1.165) is 0 Å². The van der Waals surface area contributed by atoms with Crippen LogP contribution in [-0.2, 0) is 9.59 Å². The van der Waals surface area contributed by atoms with Crippen LogP contribution in [0.3, 0.4) is 0 Å². The average Bonchev–Trinajstić information content (AvgIpc) is 2.63. The molecule has 1 aliphatic rings. The molecule has 0 aromatic carbocycles. The van der Waals surface area contributed by atoms with Crippen molar-refractivity contribution in [3.63, 3.8) is 0 Å². The lowest BCUT2D eigenvalue weighted by atomic mass is 10.2. The minimum Gasteiger partial charge on any atom is -0.480 e. The fourth-order valence-corrected chi connectivity index (χ4v) is 1.81. The molecule has 2 unspecified atom stereocenters. The monoisotopic (exact) mass is 229 g/mol. The van der Waals surface area contributed by atoms with Gasteiger partial charge >= 0.3 is 12.0 Å². The highest BCUT2D eigenvalue weighted by atomic mass is 16.4. The smallest absolute Gasteiger partial charge is 0.326 e. The summed E-state index contributed by atoms with van der Waals surface area (Å²) in [4.78, 5) is 34.5. The van der Waals surface area contributed by atoms with Crippen molar-refractivity contribution in [2.75, 3.05) is 6.54 Å². The van der Waals surface area contributed by atoms with Crippen LogP contribution < -0.4 is 11.1 Å². The van der Waals surface area contributed by atoms with E-state index in [1.165, 1.54) is 11.8 Å². The maximum absolute atomic E-state index is 11.8. The summed E-state index contributed by atoms with van der Waals surface area (Å²) >= 11 is 0. The first kappa shape index (κ1) is 12.3. The van der Waals surface area contributed by atoms with Gasteiger partial charge in [-0.15, -0.1) is 0 Å². The molecule has 0 aliphatic carbocycles. The zero-order valence-electron chi connectivity index (χ0n) is 8.97. The van der Waals surface area contributed by atoms with Gasteiger partial charge in [0.15, 0.2) is 0 Å². The largest absolute Gasteiger partial charge is 0.480 e. The van der Waals surface area contributed by atoms with Gasteiger partial charge in [-0.05, 0) is 19.8 Å². The van der Waals surface area contributed by atoms with Crippen molar-refractivity contribution in [2.45, 2.75) is 31.8 Å². The number of aliphatic carboxylic acids is 1. The highest BCUT2D eigenvalue weighted by molar-refractivity contribution is 5.89. The summed E-state index contributed by atoms with van der Waals surface area (Å²) in [5.74, 6) is -1.43. The third-order valence-corrected chi connectivity index (χ3v) is 2.55. The Morgan fingerprint density at radius 1 is 1.50 bits per heavy atom. The minimum absolute atomic E-state index is 0.403. The van der Waals surface area contributed by atoms with Crippen molar-refractivity contribution < 1.29 is 19.5 Å². The number of primary amides is 1. The summed E-state index contributed by atoms with van der Waals surface area (Å²) in [5.41, 5.74) is 4.89. The number of hydrogen-bond donors (Lipinski definition) is 3. The molecule has 1 fully saturated rings. The van der Waals surface area contributed by atoms with E-state index in [2.05, 4.69) is 5.32 Å². The summed E-state index contributed by atoms with van der Waals surface area (Å²) in [6.45, 7) is 1.88. The number of carboxylic acids is 1.